The molecule has 1 spiro atoms. The summed E-state index contributed by atoms with van der Waals surface area (Å²) in [7, 11) is 0. The van der Waals surface area contributed by atoms with Gasteiger partial charge >= 0.3 is 6.03 Å². The summed E-state index contributed by atoms with van der Waals surface area (Å²) >= 11 is 0. The lowest BCUT2D eigenvalue weighted by Gasteiger charge is -2.25. The Labute approximate surface area is 134 Å². The molecule has 4 rings (SSSR count). The number of rotatable bonds is 2. The van der Waals surface area contributed by atoms with E-state index in [1.165, 1.54) is 0 Å². The van der Waals surface area contributed by atoms with E-state index in [1.807, 2.05) is 25.1 Å². The molecular formula is C17H19N3O3. The lowest BCUT2D eigenvalue weighted by atomic mass is 9.93. The third-order valence-corrected chi connectivity index (χ3v) is 5.30. The number of amides is 4. The van der Waals surface area contributed by atoms with Gasteiger partial charge in [-0.05, 0) is 31.7 Å². The van der Waals surface area contributed by atoms with Crippen molar-refractivity contribution in [3.8, 4) is 0 Å². The minimum atomic E-state index is -0.935. The molecule has 0 aromatic heterocycles. The molecule has 2 saturated heterocycles. The Kier molecular flexibility index (Phi) is 2.83. The van der Waals surface area contributed by atoms with Gasteiger partial charge in [0.1, 0.15) is 5.54 Å². The lowest BCUT2D eigenvalue weighted by molar-refractivity contribution is -0.133. The van der Waals surface area contributed by atoms with Crippen LogP contribution in [0.1, 0.15) is 30.4 Å². The number of hydrogen-bond donors (Lipinski definition) is 2. The molecule has 3 aliphatic rings. The molecule has 1 aromatic carbocycles. The number of aryl methyl sites for hydroxylation is 1. The van der Waals surface area contributed by atoms with Crippen LogP contribution in [0.2, 0.25) is 0 Å². The second-order valence-electron chi connectivity index (χ2n) is 6.92. The first-order valence-electron chi connectivity index (χ1n) is 7.95. The predicted molar refractivity (Wildman–Crippen MR) is 82.7 cm³/mol. The fourth-order valence-electron chi connectivity index (χ4n) is 3.79. The molecule has 2 heterocycles. The van der Waals surface area contributed by atoms with E-state index in [-0.39, 0.29) is 18.4 Å². The molecule has 0 bridgehead atoms. The summed E-state index contributed by atoms with van der Waals surface area (Å²) in [6.07, 6.45) is 2.16. The smallest absolute Gasteiger partial charge is 0.322 e. The van der Waals surface area contributed by atoms with Crippen LogP contribution in [0.4, 0.5) is 4.79 Å². The number of carbonyl (C=O) groups is 3. The zero-order valence-electron chi connectivity index (χ0n) is 13.0. The van der Waals surface area contributed by atoms with Crippen molar-refractivity contribution < 1.29 is 14.4 Å². The minimum absolute atomic E-state index is 0.0777. The SMILES string of the molecule is Cc1cccc(C2(C(=O)N3CC[C@@]4(C3)NC(=O)NC4=O)CC2)c1. The van der Waals surface area contributed by atoms with Crippen molar-refractivity contribution in [3.63, 3.8) is 0 Å². The van der Waals surface area contributed by atoms with Crippen molar-refractivity contribution in [2.75, 3.05) is 13.1 Å². The van der Waals surface area contributed by atoms with Gasteiger partial charge in [0.05, 0.1) is 12.0 Å². The molecule has 1 saturated carbocycles. The number of hydrogen-bond acceptors (Lipinski definition) is 3. The van der Waals surface area contributed by atoms with Crippen LogP contribution in [0.15, 0.2) is 24.3 Å². The van der Waals surface area contributed by atoms with Crippen molar-refractivity contribution in [3.05, 3.63) is 35.4 Å². The molecule has 0 unspecified atom stereocenters. The van der Waals surface area contributed by atoms with Gasteiger partial charge in [-0.2, -0.15) is 0 Å². The van der Waals surface area contributed by atoms with Crippen LogP contribution in [-0.2, 0) is 15.0 Å². The lowest BCUT2D eigenvalue weighted by Crippen LogP contribution is -2.50. The summed E-state index contributed by atoms with van der Waals surface area (Å²) in [5.41, 5.74) is 0.830. The number of benzene rings is 1. The number of imide groups is 1. The van der Waals surface area contributed by atoms with E-state index >= 15 is 0 Å². The zero-order chi connectivity index (χ0) is 16.2. The first-order chi connectivity index (χ1) is 11.0. The standard InChI is InChI=1S/C17H19N3O3/c1-11-3-2-4-12(9-11)16(5-6-16)14(22)20-8-7-17(10-20)13(21)18-15(23)19-17/h2-4,9H,5-8,10H2,1H3,(H2,18,19,21,23)/t17-/m0/s1. The Morgan fingerprint density at radius 3 is 2.61 bits per heavy atom. The number of likely N-dealkylation sites (tertiary alicyclic amines) is 1. The summed E-state index contributed by atoms with van der Waals surface area (Å²) in [4.78, 5) is 38.2. The minimum Gasteiger partial charge on any atom is -0.339 e. The van der Waals surface area contributed by atoms with Crippen LogP contribution < -0.4 is 10.6 Å². The third-order valence-electron chi connectivity index (χ3n) is 5.30. The van der Waals surface area contributed by atoms with E-state index in [2.05, 4.69) is 16.7 Å². The highest BCUT2D eigenvalue weighted by Crippen LogP contribution is 2.50. The monoisotopic (exact) mass is 313 g/mol. The number of carbonyl (C=O) groups excluding carboxylic acids is 3. The van der Waals surface area contributed by atoms with Gasteiger partial charge in [-0.3, -0.25) is 14.9 Å². The van der Waals surface area contributed by atoms with Crippen LogP contribution >= 0.6 is 0 Å². The largest absolute Gasteiger partial charge is 0.339 e. The second-order valence-corrected chi connectivity index (χ2v) is 6.92. The molecule has 1 aliphatic carbocycles. The zero-order valence-corrected chi connectivity index (χ0v) is 13.0. The number of urea groups is 1. The average molecular weight is 313 g/mol. The van der Waals surface area contributed by atoms with Crippen molar-refractivity contribution in [2.45, 2.75) is 37.1 Å². The normalized spacial score (nSPS) is 28.0. The van der Waals surface area contributed by atoms with Crippen LogP contribution in [0.25, 0.3) is 0 Å². The summed E-state index contributed by atoms with van der Waals surface area (Å²) in [6, 6.07) is 7.61. The Morgan fingerprint density at radius 2 is 2.00 bits per heavy atom. The van der Waals surface area contributed by atoms with Gasteiger partial charge in [-0.25, -0.2) is 4.79 Å². The molecule has 3 fully saturated rings. The molecule has 2 aliphatic heterocycles. The van der Waals surface area contributed by atoms with Gasteiger partial charge in [0.15, 0.2) is 0 Å². The average Bonchev–Trinajstić information content (AvgIpc) is 3.14. The Hall–Kier alpha value is -2.37. The first-order valence-corrected chi connectivity index (χ1v) is 7.95. The van der Waals surface area contributed by atoms with Crippen LogP contribution in [0.5, 0.6) is 0 Å². The van der Waals surface area contributed by atoms with Gasteiger partial charge in [0, 0.05) is 6.54 Å². The highest BCUT2D eigenvalue weighted by Gasteiger charge is 2.58. The molecule has 120 valence electrons. The van der Waals surface area contributed by atoms with Gasteiger partial charge in [0.25, 0.3) is 5.91 Å². The molecular weight excluding hydrogens is 294 g/mol. The summed E-state index contributed by atoms with van der Waals surface area (Å²) in [5, 5.41) is 4.97. The van der Waals surface area contributed by atoms with E-state index in [1.54, 1.807) is 4.90 Å². The second kappa shape index (κ2) is 4.57. The molecule has 1 atom stereocenters. The highest BCUT2D eigenvalue weighted by molar-refractivity contribution is 6.08. The molecule has 1 aromatic rings. The summed E-state index contributed by atoms with van der Waals surface area (Å²) < 4.78 is 0. The summed E-state index contributed by atoms with van der Waals surface area (Å²) in [5.74, 6) is -0.243. The number of nitrogens with one attached hydrogen (secondary N) is 2. The van der Waals surface area contributed by atoms with Gasteiger partial charge in [0.2, 0.25) is 5.91 Å². The molecule has 2 N–H and O–H groups in total. The van der Waals surface area contributed by atoms with E-state index in [0.29, 0.717) is 13.0 Å². The maximum Gasteiger partial charge on any atom is 0.322 e. The Morgan fingerprint density at radius 1 is 1.22 bits per heavy atom. The van der Waals surface area contributed by atoms with Crippen molar-refractivity contribution in [2.24, 2.45) is 0 Å². The van der Waals surface area contributed by atoms with Crippen molar-refractivity contribution in [1.29, 1.82) is 0 Å². The maximum absolute atomic E-state index is 13.1. The van der Waals surface area contributed by atoms with Crippen LogP contribution in [0.3, 0.4) is 0 Å². The topological polar surface area (TPSA) is 78.5 Å². The van der Waals surface area contributed by atoms with Crippen molar-refractivity contribution >= 4 is 17.8 Å². The molecule has 23 heavy (non-hydrogen) atoms. The van der Waals surface area contributed by atoms with Gasteiger partial charge in [-0.1, -0.05) is 29.8 Å². The highest BCUT2D eigenvalue weighted by atomic mass is 16.2. The Bertz CT molecular complexity index is 726. The van der Waals surface area contributed by atoms with Crippen LogP contribution in [-0.4, -0.2) is 41.4 Å². The quantitative estimate of drug-likeness (QED) is 0.794. The number of nitrogens with zero attached hydrogens (tertiary/aromatic N) is 1. The van der Waals surface area contributed by atoms with Gasteiger partial charge in [-0.15, -0.1) is 0 Å². The summed E-state index contributed by atoms with van der Waals surface area (Å²) in [6.45, 7) is 2.78. The fraction of sp³-hybridized carbons (Fsp3) is 0.471. The van der Waals surface area contributed by atoms with E-state index < -0.39 is 17.0 Å². The van der Waals surface area contributed by atoms with E-state index in [4.69, 9.17) is 0 Å². The molecule has 6 nitrogen and oxygen atoms in total. The van der Waals surface area contributed by atoms with E-state index in [0.717, 1.165) is 24.0 Å². The predicted octanol–water partition coefficient (Wildman–Crippen LogP) is 0.837. The van der Waals surface area contributed by atoms with E-state index in [9.17, 15) is 14.4 Å². The molecule has 0 radical (unpaired) electrons. The van der Waals surface area contributed by atoms with Crippen LogP contribution in [0, 0.1) is 6.92 Å². The fourth-order valence-corrected chi connectivity index (χ4v) is 3.79. The maximum atomic E-state index is 13.1. The third kappa shape index (κ3) is 2.04. The molecule has 4 amide bonds. The van der Waals surface area contributed by atoms with Gasteiger partial charge < -0.3 is 10.2 Å². The molecule has 6 heteroatoms. The first kappa shape index (κ1) is 14.2. The van der Waals surface area contributed by atoms with Crippen molar-refractivity contribution in [1.82, 2.24) is 15.5 Å². The Balaban J connectivity index is 1.57.